The van der Waals surface area contributed by atoms with E-state index in [0.717, 1.165) is 11.4 Å². The van der Waals surface area contributed by atoms with Gasteiger partial charge in [-0.2, -0.15) is 0 Å². The van der Waals surface area contributed by atoms with Crippen LogP contribution in [0, 0.1) is 0 Å². The highest BCUT2D eigenvalue weighted by atomic mass is 15.0. The molecule has 17 heavy (non-hydrogen) atoms. The van der Waals surface area contributed by atoms with Crippen molar-refractivity contribution in [3.8, 4) is 0 Å². The van der Waals surface area contributed by atoms with Crippen LogP contribution < -0.4 is 5.32 Å². The highest BCUT2D eigenvalue weighted by molar-refractivity contribution is 5.11. The second-order valence-corrected chi connectivity index (χ2v) is 4.12. The molecule has 2 heterocycles. The number of rotatable bonds is 4. The van der Waals surface area contributed by atoms with E-state index in [1.54, 1.807) is 0 Å². The van der Waals surface area contributed by atoms with Crippen LogP contribution in [0.1, 0.15) is 37.3 Å². The van der Waals surface area contributed by atoms with Gasteiger partial charge < -0.3 is 5.32 Å². The lowest BCUT2D eigenvalue weighted by atomic mass is 10.1. The lowest BCUT2D eigenvalue weighted by molar-refractivity contribution is 0.478. The first kappa shape index (κ1) is 11.7. The third kappa shape index (κ3) is 3.11. The first-order valence-corrected chi connectivity index (χ1v) is 5.85. The fraction of sp³-hybridized carbons (Fsp3) is 0.286. The van der Waals surface area contributed by atoms with Crippen molar-refractivity contribution >= 4 is 0 Å². The monoisotopic (exact) mass is 227 g/mol. The van der Waals surface area contributed by atoms with E-state index >= 15 is 0 Å². The Morgan fingerprint density at radius 1 is 0.824 bits per heavy atom. The van der Waals surface area contributed by atoms with Crippen LogP contribution in [0.25, 0.3) is 0 Å². The molecule has 0 fully saturated rings. The SMILES string of the molecule is CC(N[C@H](C)c1ccccn1)c1ccccn1. The maximum absolute atomic E-state index is 4.34. The predicted octanol–water partition coefficient (Wildman–Crippen LogP) is 2.89. The summed E-state index contributed by atoms with van der Waals surface area (Å²) < 4.78 is 0. The van der Waals surface area contributed by atoms with Crippen LogP contribution >= 0.6 is 0 Å². The summed E-state index contributed by atoms with van der Waals surface area (Å²) in [5.41, 5.74) is 2.10. The standard InChI is InChI=1S/C14H17N3/c1-11(13-7-3-5-9-15-13)17-12(2)14-8-4-6-10-16-14/h3-12,17H,1-2H3/t11-,12?/m1/s1. The summed E-state index contributed by atoms with van der Waals surface area (Å²) in [5, 5.41) is 3.49. The molecule has 1 unspecified atom stereocenters. The molecule has 0 radical (unpaired) electrons. The first-order chi connectivity index (χ1) is 8.27. The normalized spacial score (nSPS) is 14.2. The number of hydrogen-bond donors (Lipinski definition) is 1. The van der Waals surface area contributed by atoms with Gasteiger partial charge in [0.2, 0.25) is 0 Å². The molecule has 0 bridgehead atoms. The van der Waals surface area contributed by atoms with Crippen molar-refractivity contribution in [2.75, 3.05) is 0 Å². The molecule has 3 nitrogen and oxygen atoms in total. The zero-order chi connectivity index (χ0) is 12.1. The van der Waals surface area contributed by atoms with Gasteiger partial charge >= 0.3 is 0 Å². The Morgan fingerprint density at radius 2 is 1.29 bits per heavy atom. The van der Waals surface area contributed by atoms with E-state index in [4.69, 9.17) is 0 Å². The van der Waals surface area contributed by atoms with E-state index in [9.17, 15) is 0 Å². The average molecular weight is 227 g/mol. The highest BCUT2D eigenvalue weighted by Gasteiger charge is 2.11. The Balaban J connectivity index is 2.02. The molecule has 0 aliphatic carbocycles. The Bertz CT molecular complexity index is 398. The topological polar surface area (TPSA) is 37.8 Å². The van der Waals surface area contributed by atoms with Gasteiger partial charge in [0.15, 0.2) is 0 Å². The Morgan fingerprint density at radius 3 is 1.65 bits per heavy atom. The molecule has 88 valence electrons. The minimum atomic E-state index is 0.216. The van der Waals surface area contributed by atoms with Crippen LogP contribution in [-0.4, -0.2) is 9.97 Å². The molecule has 2 atom stereocenters. The van der Waals surface area contributed by atoms with Crippen molar-refractivity contribution in [3.05, 3.63) is 60.2 Å². The molecule has 2 rings (SSSR count). The molecule has 0 aliphatic heterocycles. The second-order valence-electron chi connectivity index (χ2n) is 4.12. The van der Waals surface area contributed by atoms with Crippen molar-refractivity contribution in [2.24, 2.45) is 0 Å². The summed E-state index contributed by atoms with van der Waals surface area (Å²) >= 11 is 0. The molecule has 2 aromatic heterocycles. The van der Waals surface area contributed by atoms with Gasteiger partial charge in [0.25, 0.3) is 0 Å². The third-order valence-corrected chi connectivity index (χ3v) is 2.76. The van der Waals surface area contributed by atoms with Gasteiger partial charge in [-0.25, -0.2) is 0 Å². The molecular weight excluding hydrogens is 210 g/mol. The summed E-state index contributed by atoms with van der Waals surface area (Å²) in [6.45, 7) is 4.23. The van der Waals surface area contributed by atoms with Gasteiger partial charge in [-0.15, -0.1) is 0 Å². The van der Waals surface area contributed by atoms with E-state index in [-0.39, 0.29) is 12.1 Å². The lowest BCUT2D eigenvalue weighted by Crippen LogP contribution is -2.23. The molecule has 1 N–H and O–H groups in total. The average Bonchev–Trinajstić information content (AvgIpc) is 2.40. The summed E-state index contributed by atoms with van der Waals surface area (Å²) in [6, 6.07) is 12.4. The van der Waals surface area contributed by atoms with E-state index in [1.807, 2.05) is 48.8 Å². The summed E-state index contributed by atoms with van der Waals surface area (Å²) in [7, 11) is 0. The number of nitrogens with zero attached hydrogens (tertiary/aromatic N) is 2. The molecule has 0 saturated carbocycles. The van der Waals surface area contributed by atoms with Gasteiger partial charge in [0.05, 0.1) is 11.4 Å². The number of aromatic nitrogens is 2. The molecule has 0 saturated heterocycles. The van der Waals surface area contributed by atoms with Crippen LogP contribution in [0.4, 0.5) is 0 Å². The fourth-order valence-electron chi connectivity index (χ4n) is 1.81. The van der Waals surface area contributed by atoms with Gasteiger partial charge in [-0.3, -0.25) is 9.97 Å². The number of nitrogens with one attached hydrogen (secondary N) is 1. The fourth-order valence-corrected chi connectivity index (χ4v) is 1.81. The van der Waals surface area contributed by atoms with Crippen LogP contribution in [0.15, 0.2) is 48.8 Å². The third-order valence-electron chi connectivity index (χ3n) is 2.76. The molecule has 2 aromatic rings. The van der Waals surface area contributed by atoms with E-state index in [2.05, 4.69) is 29.1 Å². The first-order valence-electron chi connectivity index (χ1n) is 5.85. The molecule has 0 aliphatic rings. The molecule has 0 aromatic carbocycles. The molecule has 0 spiro atoms. The summed E-state index contributed by atoms with van der Waals surface area (Å²) in [5.74, 6) is 0. The van der Waals surface area contributed by atoms with Gasteiger partial charge in [-0.05, 0) is 38.1 Å². The Labute approximate surface area is 102 Å². The van der Waals surface area contributed by atoms with Crippen molar-refractivity contribution in [1.29, 1.82) is 0 Å². The summed E-state index contributed by atoms with van der Waals surface area (Å²) in [6.07, 6.45) is 3.64. The van der Waals surface area contributed by atoms with Crippen molar-refractivity contribution in [3.63, 3.8) is 0 Å². The smallest absolute Gasteiger partial charge is 0.0570 e. The minimum Gasteiger partial charge on any atom is -0.301 e. The van der Waals surface area contributed by atoms with E-state index in [1.165, 1.54) is 0 Å². The van der Waals surface area contributed by atoms with Crippen LogP contribution in [0.2, 0.25) is 0 Å². The lowest BCUT2D eigenvalue weighted by Gasteiger charge is -2.19. The van der Waals surface area contributed by atoms with Crippen LogP contribution in [0.3, 0.4) is 0 Å². The summed E-state index contributed by atoms with van der Waals surface area (Å²) in [4.78, 5) is 8.68. The number of hydrogen-bond acceptors (Lipinski definition) is 3. The predicted molar refractivity (Wildman–Crippen MR) is 68.4 cm³/mol. The molecule has 0 amide bonds. The second kappa shape index (κ2) is 5.55. The minimum absolute atomic E-state index is 0.216. The molecular formula is C14H17N3. The quantitative estimate of drug-likeness (QED) is 0.872. The van der Waals surface area contributed by atoms with Gasteiger partial charge in [0.1, 0.15) is 0 Å². The van der Waals surface area contributed by atoms with Gasteiger partial charge in [-0.1, -0.05) is 12.1 Å². The number of pyridine rings is 2. The largest absolute Gasteiger partial charge is 0.301 e. The zero-order valence-electron chi connectivity index (χ0n) is 10.2. The Kier molecular flexibility index (Phi) is 3.83. The van der Waals surface area contributed by atoms with Crippen LogP contribution in [-0.2, 0) is 0 Å². The van der Waals surface area contributed by atoms with E-state index in [0.29, 0.717) is 0 Å². The van der Waals surface area contributed by atoms with Gasteiger partial charge in [0, 0.05) is 24.5 Å². The van der Waals surface area contributed by atoms with Crippen molar-refractivity contribution in [2.45, 2.75) is 25.9 Å². The molecule has 3 heteroatoms. The zero-order valence-corrected chi connectivity index (χ0v) is 10.2. The Hall–Kier alpha value is -1.74. The van der Waals surface area contributed by atoms with Crippen molar-refractivity contribution in [1.82, 2.24) is 15.3 Å². The highest BCUT2D eigenvalue weighted by Crippen LogP contribution is 2.15. The maximum atomic E-state index is 4.34. The van der Waals surface area contributed by atoms with Crippen molar-refractivity contribution < 1.29 is 0 Å². The van der Waals surface area contributed by atoms with E-state index < -0.39 is 0 Å². The maximum Gasteiger partial charge on any atom is 0.0570 e. The van der Waals surface area contributed by atoms with Crippen LogP contribution in [0.5, 0.6) is 0 Å².